The molecule has 0 bridgehead atoms. The van der Waals surface area contributed by atoms with E-state index in [2.05, 4.69) is 0 Å². The van der Waals surface area contributed by atoms with Crippen LogP contribution in [0.2, 0.25) is 0 Å². The van der Waals surface area contributed by atoms with Gasteiger partial charge in [0.2, 0.25) is 5.88 Å². The number of aliphatic hydroxyl groups excluding tert-OH is 1. The van der Waals surface area contributed by atoms with Gasteiger partial charge in [-0.05, 0) is 12.5 Å². The van der Waals surface area contributed by atoms with Gasteiger partial charge in [0.1, 0.15) is 23.2 Å². The summed E-state index contributed by atoms with van der Waals surface area (Å²) in [5.41, 5.74) is 12.4. The first-order valence-corrected chi connectivity index (χ1v) is 4.31. The van der Waals surface area contributed by atoms with Crippen molar-refractivity contribution in [3.05, 3.63) is 46.4 Å². The maximum Gasteiger partial charge on any atom is 0.210 e. The molecule has 0 saturated heterocycles. The normalized spacial score (nSPS) is 19.9. The number of fused-ring (bicyclic) bond motifs is 1. The van der Waals surface area contributed by atoms with Crippen molar-refractivity contribution in [3.63, 3.8) is 0 Å². The third-order valence-corrected chi connectivity index (χ3v) is 2.26. The Labute approximate surface area is 86.2 Å². The van der Waals surface area contributed by atoms with Crippen molar-refractivity contribution < 1.29 is 9.84 Å². The Morgan fingerprint density at radius 1 is 1.47 bits per heavy atom. The van der Waals surface area contributed by atoms with E-state index in [0.29, 0.717) is 23.5 Å². The number of allylic oxidation sites excluding steroid dienone is 4. The van der Waals surface area contributed by atoms with Crippen LogP contribution in [0, 0.1) is 11.3 Å². The predicted molar refractivity (Wildman–Crippen MR) is 52.5 cm³/mol. The van der Waals surface area contributed by atoms with E-state index in [1.54, 1.807) is 6.08 Å². The number of nitriles is 1. The average Bonchev–Trinajstić information content (AvgIpc) is 2.17. The molecule has 5 heteroatoms. The molecule has 1 heterocycles. The van der Waals surface area contributed by atoms with Crippen LogP contribution in [0.3, 0.4) is 0 Å². The zero-order valence-corrected chi connectivity index (χ0v) is 7.82. The van der Waals surface area contributed by atoms with Crippen molar-refractivity contribution in [2.45, 2.75) is 6.42 Å². The number of ether oxygens (including phenoxy) is 1. The Bertz CT molecular complexity index is 489. The monoisotopic (exact) mass is 203 g/mol. The fraction of sp³-hybridized carbons (Fsp3) is 0.100. The second-order valence-electron chi connectivity index (χ2n) is 3.19. The van der Waals surface area contributed by atoms with E-state index < -0.39 is 0 Å². The molecule has 0 radical (unpaired) electrons. The van der Waals surface area contributed by atoms with Gasteiger partial charge in [-0.2, -0.15) is 5.26 Å². The molecule has 0 aromatic heterocycles. The highest BCUT2D eigenvalue weighted by atomic mass is 16.5. The minimum Gasteiger partial charge on any atom is -0.508 e. The average molecular weight is 203 g/mol. The van der Waals surface area contributed by atoms with E-state index in [0.717, 1.165) is 0 Å². The van der Waals surface area contributed by atoms with Gasteiger partial charge < -0.3 is 21.3 Å². The molecule has 76 valence electrons. The van der Waals surface area contributed by atoms with Gasteiger partial charge in [-0.1, -0.05) is 0 Å². The van der Waals surface area contributed by atoms with Crippen LogP contribution in [0.5, 0.6) is 0 Å². The number of hydrogen-bond acceptors (Lipinski definition) is 5. The molecule has 2 aliphatic rings. The van der Waals surface area contributed by atoms with Crippen molar-refractivity contribution in [3.8, 4) is 6.07 Å². The van der Waals surface area contributed by atoms with Gasteiger partial charge in [0.15, 0.2) is 0 Å². The van der Waals surface area contributed by atoms with Gasteiger partial charge in [0, 0.05) is 11.6 Å². The second-order valence-corrected chi connectivity index (χ2v) is 3.19. The van der Waals surface area contributed by atoms with Crippen molar-refractivity contribution in [2.24, 2.45) is 11.5 Å². The zero-order chi connectivity index (χ0) is 11.0. The summed E-state index contributed by atoms with van der Waals surface area (Å²) >= 11 is 0. The van der Waals surface area contributed by atoms with Crippen LogP contribution in [-0.4, -0.2) is 5.11 Å². The maximum absolute atomic E-state index is 9.26. The Kier molecular flexibility index (Phi) is 1.90. The number of nitrogens with two attached hydrogens (primary N) is 2. The van der Waals surface area contributed by atoms with Gasteiger partial charge in [0.25, 0.3) is 0 Å². The van der Waals surface area contributed by atoms with Gasteiger partial charge in [0.05, 0.1) is 5.70 Å². The molecule has 1 aliphatic carbocycles. The summed E-state index contributed by atoms with van der Waals surface area (Å²) in [6.07, 6.45) is 3.44. The molecule has 0 aromatic carbocycles. The topological polar surface area (TPSA) is 105 Å². The van der Waals surface area contributed by atoms with E-state index in [1.165, 1.54) is 6.08 Å². The standard InChI is InChI=1S/C10H9N3O2/c11-4-7-9(12)6-2-1-5(14)3-8(6)15-10(7)13/h1,3,14H,2,12-13H2. The van der Waals surface area contributed by atoms with Crippen molar-refractivity contribution in [2.75, 3.05) is 0 Å². The molecule has 1 aliphatic heterocycles. The fourth-order valence-corrected chi connectivity index (χ4v) is 1.49. The lowest BCUT2D eigenvalue weighted by Crippen LogP contribution is -2.21. The van der Waals surface area contributed by atoms with E-state index >= 15 is 0 Å². The van der Waals surface area contributed by atoms with Crippen LogP contribution < -0.4 is 11.5 Å². The van der Waals surface area contributed by atoms with Crippen LogP contribution in [0.4, 0.5) is 0 Å². The summed E-state index contributed by atoms with van der Waals surface area (Å²) in [5, 5.41) is 18.1. The van der Waals surface area contributed by atoms with Crippen molar-refractivity contribution in [1.82, 2.24) is 0 Å². The second kappa shape index (κ2) is 3.10. The third-order valence-electron chi connectivity index (χ3n) is 2.26. The van der Waals surface area contributed by atoms with Crippen LogP contribution in [0.25, 0.3) is 0 Å². The highest BCUT2D eigenvalue weighted by Crippen LogP contribution is 2.32. The summed E-state index contributed by atoms with van der Waals surface area (Å²) in [7, 11) is 0. The number of nitrogens with zero attached hydrogens (tertiary/aromatic N) is 1. The summed E-state index contributed by atoms with van der Waals surface area (Å²) in [4.78, 5) is 0. The maximum atomic E-state index is 9.26. The lowest BCUT2D eigenvalue weighted by Gasteiger charge is -2.23. The molecule has 15 heavy (non-hydrogen) atoms. The van der Waals surface area contributed by atoms with Crippen molar-refractivity contribution >= 4 is 0 Å². The van der Waals surface area contributed by atoms with Crippen LogP contribution >= 0.6 is 0 Å². The molecule has 0 amide bonds. The summed E-state index contributed by atoms with van der Waals surface area (Å²) in [5.74, 6) is 0.485. The third kappa shape index (κ3) is 1.32. The summed E-state index contributed by atoms with van der Waals surface area (Å²) in [6.45, 7) is 0. The highest BCUT2D eigenvalue weighted by Gasteiger charge is 2.25. The van der Waals surface area contributed by atoms with Gasteiger partial charge >= 0.3 is 0 Å². The number of aliphatic hydroxyl groups is 1. The smallest absolute Gasteiger partial charge is 0.210 e. The molecule has 0 aromatic rings. The zero-order valence-electron chi connectivity index (χ0n) is 7.82. The molecule has 0 atom stereocenters. The van der Waals surface area contributed by atoms with Crippen LogP contribution in [-0.2, 0) is 4.74 Å². The van der Waals surface area contributed by atoms with E-state index in [4.69, 9.17) is 21.5 Å². The van der Waals surface area contributed by atoms with Crippen molar-refractivity contribution in [1.29, 1.82) is 5.26 Å². The molecular weight excluding hydrogens is 194 g/mol. The first-order valence-electron chi connectivity index (χ1n) is 4.31. The first-order chi connectivity index (χ1) is 7.13. The molecule has 0 fully saturated rings. The summed E-state index contributed by atoms with van der Waals surface area (Å²) < 4.78 is 5.19. The lowest BCUT2D eigenvalue weighted by molar-refractivity contribution is 0.292. The van der Waals surface area contributed by atoms with Gasteiger partial charge in [-0.15, -0.1) is 0 Å². The number of rotatable bonds is 0. The van der Waals surface area contributed by atoms with Crippen LogP contribution in [0.15, 0.2) is 46.4 Å². The summed E-state index contributed by atoms with van der Waals surface area (Å²) in [6, 6.07) is 1.88. The van der Waals surface area contributed by atoms with E-state index in [1.807, 2.05) is 6.07 Å². The minimum absolute atomic E-state index is 0.0281. The molecule has 5 nitrogen and oxygen atoms in total. The predicted octanol–water partition coefficient (Wildman–Crippen LogP) is 0.653. The molecule has 0 spiro atoms. The SMILES string of the molecule is N#CC1=C(N)OC2=CC(O)=CCC2=C1N. The Hall–Kier alpha value is -2.35. The highest BCUT2D eigenvalue weighted by molar-refractivity contribution is 5.54. The number of hydrogen-bond donors (Lipinski definition) is 3. The van der Waals surface area contributed by atoms with Crippen LogP contribution in [0.1, 0.15) is 6.42 Å². The largest absolute Gasteiger partial charge is 0.508 e. The molecule has 2 rings (SSSR count). The Morgan fingerprint density at radius 3 is 2.87 bits per heavy atom. The van der Waals surface area contributed by atoms with Gasteiger partial charge in [-0.3, -0.25) is 0 Å². The first kappa shape index (κ1) is 9.21. The van der Waals surface area contributed by atoms with Gasteiger partial charge in [-0.25, -0.2) is 0 Å². The molecule has 5 N–H and O–H groups in total. The fourth-order valence-electron chi connectivity index (χ4n) is 1.49. The lowest BCUT2D eigenvalue weighted by atomic mass is 9.97. The Morgan fingerprint density at radius 2 is 2.20 bits per heavy atom. The molecule has 0 saturated carbocycles. The quantitative estimate of drug-likeness (QED) is 0.536. The molecule has 0 unspecified atom stereocenters. The van der Waals surface area contributed by atoms with E-state index in [9.17, 15) is 5.11 Å². The Balaban J connectivity index is 2.54. The molecular formula is C10H9N3O2. The minimum atomic E-state index is -0.0281. The van der Waals surface area contributed by atoms with E-state index in [-0.39, 0.29) is 17.2 Å².